The van der Waals surface area contributed by atoms with E-state index < -0.39 is 0 Å². The van der Waals surface area contributed by atoms with Gasteiger partial charge in [0.25, 0.3) is 5.91 Å². The SMILES string of the molecule is CCn1c(N)nc2cc(C(=O)NCCn3c(C)cc(C)nc3=O)cnc21. The first kappa shape index (κ1) is 17.6. The van der Waals surface area contributed by atoms with Crippen LogP contribution in [-0.2, 0) is 13.1 Å². The molecule has 0 saturated heterocycles. The van der Waals surface area contributed by atoms with Crippen molar-refractivity contribution < 1.29 is 4.79 Å². The molecule has 0 aliphatic heterocycles. The van der Waals surface area contributed by atoms with Gasteiger partial charge >= 0.3 is 5.69 Å². The van der Waals surface area contributed by atoms with E-state index in [4.69, 9.17) is 5.73 Å². The molecule has 136 valence electrons. The molecule has 9 heteroatoms. The van der Waals surface area contributed by atoms with Gasteiger partial charge in [0.15, 0.2) is 5.65 Å². The molecule has 0 aliphatic rings. The summed E-state index contributed by atoms with van der Waals surface area (Å²) in [5.74, 6) is 0.0871. The molecular weight excluding hydrogens is 334 g/mol. The van der Waals surface area contributed by atoms with Crippen molar-refractivity contribution >= 4 is 23.0 Å². The van der Waals surface area contributed by atoms with E-state index in [0.717, 1.165) is 5.69 Å². The summed E-state index contributed by atoms with van der Waals surface area (Å²) < 4.78 is 3.30. The number of nitrogen functional groups attached to an aromatic ring is 1. The zero-order chi connectivity index (χ0) is 18.8. The van der Waals surface area contributed by atoms with E-state index in [9.17, 15) is 9.59 Å². The van der Waals surface area contributed by atoms with E-state index in [1.54, 1.807) is 17.6 Å². The van der Waals surface area contributed by atoms with Crippen molar-refractivity contribution in [3.63, 3.8) is 0 Å². The molecule has 3 aromatic rings. The number of imidazole rings is 1. The average molecular weight is 355 g/mol. The summed E-state index contributed by atoms with van der Waals surface area (Å²) in [5.41, 5.74) is 8.63. The molecular formula is C17H21N7O2. The number of pyridine rings is 1. The molecule has 3 N–H and O–H groups in total. The second kappa shape index (κ2) is 6.95. The largest absolute Gasteiger partial charge is 0.369 e. The number of carbonyl (C=O) groups excluding carboxylic acids is 1. The number of anilines is 1. The van der Waals surface area contributed by atoms with Crippen LogP contribution in [0.15, 0.2) is 23.1 Å². The van der Waals surface area contributed by atoms with Crippen LogP contribution in [0, 0.1) is 13.8 Å². The number of aryl methyl sites for hydroxylation is 3. The maximum atomic E-state index is 12.3. The summed E-state index contributed by atoms with van der Waals surface area (Å²) in [5, 5.41) is 2.78. The second-order valence-corrected chi connectivity index (χ2v) is 6.01. The summed E-state index contributed by atoms with van der Waals surface area (Å²) in [6.45, 7) is 6.86. The standard InChI is InChI=1S/C17H21N7O2/c1-4-23-14-13(22-16(23)18)8-12(9-20-14)15(25)19-5-6-24-11(3)7-10(2)21-17(24)26/h7-9H,4-6H2,1-3H3,(H2,18,22)(H,19,25). The van der Waals surface area contributed by atoms with Crippen LogP contribution >= 0.6 is 0 Å². The lowest BCUT2D eigenvalue weighted by atomic mass is 10.2. The van der Waals surface area contributed by atoms with Crippen LogP contribution in [-0.4, -0.2) is 36.5 Å². The van der Waals surface area contributed by atoms with Gasteiger partial charge in [-0.25, -0.2) is 14.8 Å². The number of nitrogens with zero attached hydrogens (tertiary/aromatic N) is 5. The van der Waals surface area contributed by atoms with Gasteiger partial charge in [-0.3, -0.25) is 13.9 Å². The predicted octanol–water partition coefficient (Wildman–Crippen LogP) is 0.637. The Balaban J connectivity index is 1.71. The molecule has 0 radical (unpaired) electrons. The normalized spacial score (nSPS) is 11.0. The van der Waals surface area contributed by atoms with Crippen molar-refractivity contribution in [2.24, 2.45) is 0 Å². The minimum absolute atomic E-state index is 0.283. The molecule has 3 heterocycles. The van der Waals surface area contributed by atoms with Gasteiger partial charge < -0.3 is 11.1 Å². The molecule has 0 aromatic carbocycles. The number of carbonyl (C=O) groups is 1. The highest BCUT2D eigenvalue weighted by molar-refractivity contribution is 5.96. The van der Waals surface area contributed by atoms with Gasteiger partial charge in [-0.15, -0.1) is 0 Å². The number of hydrogen-bond acceptors (Lipinski definition) is 6. The van der Waals surface area contributed by atoms with Crippen LogP contribution in [0.1, 0.15) is 28.7 Å². The fourth-order valence-electron chi connectivity index (χ4n) is 2.89. The summed E-state index contributed by atoms with van der Waals surface area (Å²) in [7, 11) is 0. The van der Waals surface area contributed by atoms with Gasteiger partial charge in [0.2, 0.25) is 5.95 Å². The Morgan fingerprint density at radius 3 is 2.69 bits per heavy atom. The molecule has 0 fully saturated rings. The molecule has 1 amide bonds. The number of fused-ring (bicyclic) bond motifs is 1. The second-order valence-electron chi connectivity index (χ2n) is 6.01. The number of hydrogen-bond donors (Lipinski definition) is 2. The molecule has 3 rings (SSSR count). The minimum atomic E-state index is -0.319. The van der Waals surface area contributed by atoms with Crippen LogP contribution < -0.4 is 16.7 Å². The highest BCUT2D eigenvalue weighted by Crippen LogP contribution is 2.16. The average Bonchev–Trinajstić information content (AvgIpc) is 2.90. The zero-order valence-electron chi connectivity index (χ0n) is 15.0. The predicted molar refractivity (Wildman–Crippen MR) is 97.9 cm³/mol. The molecule has 9 nitrogen and oxygen atoms in total. The highest BCUT2D eigenvalue weighted by atomic mass is 16.2. The maximum Gasteiger partial charge on any atom is 0.348 e. The lowest BCUT2D eigenvalue weighted by Gasteiger charge is -2.10. The van der Waals surface area contributed by atoms with Gasteiger partial charge in [0.05, 0.1) is 5.56 Å². The van der Waals surface area contributed by atoms with Gasteiger partial charge in [-0.1, -0.05) is 0 Å². The molecule has 0 unspecified atom stereocenters. The lowest BCUT2D eigenvalue weighted by Crippen LogP contribution is -2.33. The van der Waals surface area contributed by atoms with Crippen molar-refractivity contribution in [2.75, 3.05) is 12.3 Å². The number of amides is 1. The third-order valence-corrected chi connectivity index (χ3v) is 4.16. The summed E-state index contributed by atoms with van der Waals surface area (Å²) in [4.78, 5) is 36.7. The first-order valence-electron chi connectivity index (χ1n) is 8.35. The molecule has 0 spiro atoms. The number of rotatable bonds is 5. The van der Waals surface area contributed by atoms with Crippen molar-refractivity contribution in [3.05, 3.63) is 45.8 Å². The van der Waals surface area contributed by atoms with Crippen LogP contribution in [0.25, 0.3) is 11.2 Å². The molecule has 0 saturated carbocycles. The fraction of sp³-hybridized carbons (Fsp3) is 0.353. The number of aromatic nitrogens is 5. The Morgan fingerprint density at radius 1 is 1.23 bits per heavy atom. The van der Waals surface area contributed by atoms with E-state index >= 15 is 0 Å². The third-order valence-electron chi connectivity index (χ3n) is 4.16. The summed E-state index contributed by atoms with van der Waals surface area (Å²) in [6, 6.07) is 3.49. The lowest BCUT2D eigenvalue weighted by molar-refractivity contribution is 0.0952. The van der Waals surface area contributed by atoms with E-state index in [0.29, 0.717) is 48.0 Å². The van der Waals surface area contributed by atoms with Crippen LogP contribution in [0.2, 0.25) is 0 Å². The highest BCUT2D eigenvalue weighted by Gasteiger charge is 2.12. The summed E-state index contributed by atoms with van der Waals surface area (Å²) in [6.07, 6.45) is 1.50. The Bertz CT molecular complexity index is 1040. The summed E-state index contributed by atoms with van der Waals surface area (Å²) >= 11 is 0. The van der Waals surface area contributed by atoms with Crippen molar-refractivity contribution in [1.82, 2.24) is 29.4 Å². The van der Waals surface area contributed by atoms with Gasteiger partial charge in [0.1, 0.15) is 5.52 Å². The Labute approximate surface area is 149 Å². The Kier molecular flexibility index (Phi) is 4.70. The van der Waals surface area contributed by atoms with Gasteiger partial charge in [-0.2, -0.15) is 4.98 Å². The van der Waals surface area contributed by atoms with Crippen LogP contribution in [0.5, 0.6) is 0 Å². The zero-order valence-corrected chi connectivity index (χ0v) is 15.0. The molecule has 26 heavy (non-hydrogen) atoms. The monoisotopic (exact) mass is 355 g/mol. The minimum Gasteiger partial charge on any atom is -0.369 e. The van der Waals surface area contributed by atoms with E-state index in [1.165, 1.54) is 10.8 Å². The van der Waals surface area contributed by atoms with Gasteiger partial charge in [-0.05, 0) is 32.9 Å². The molecule has 0 aliphatic carbocycles. The van der Waals surface area contributed by atoms with E-state index in [2.05, 4.69) is 20.3 Å². The van der Waals surface area contributed by atoms with E-state index in [1.807, 2.05) is 19.9 Å². The Morgan fingerprint density at radius 2 is 2.00 bits per heavy atom. The topological polar surface area (TPSA) is 121 Å². The van der Waals surface area contributed by atoms with Crippen molar-refractivity contribution in [1.29, 1.82) is 0 Å². The molecule has 0 bridgehead atoms. The van der Waals surface area contributed by atoms with Gasteiger partial charge in [0, 0.05) is 37.2 Å². The van der Waals surface area contributed by atoms with Crippen molar-refractivity contribution in [3.8, 4) is 0 Å². The van der Waals surface area contributed by atoms with Crippen molar-refractivity contribution in [2.45, 2.75) is 33.9 Å². The first-order chi connectivity index (χ1) is 12.4. The number of nitrogens with two attached hydrogens (primary N) is 1. The third kappa shape index (κ3) is 3.28. The maximum absolute atomic E-state index is 12.3. The van der Waals surface area contributed by atoms with Crippen LogP contribution in [0.4, 0.5) is 5.95 Å². The smallest absolute Gasteiger partial charge is 0.348 e. The fourth-order valence-corrected chi connectivity index (χ4v) is 2.89. The number of nitrogens with one attached hydrogen (secondary N) is 1. The van der Waals surface area contributed by atoms with Crippen LogP contribution in [0.3, 0.4) is 0 Å². The first-order valence-corrected chi connectivity index (χ1v) is 8.35. The quantitative estimate of drug-likeness (QED) is 0.693. The molecule has 0 atom stereocenters. The van der Waals surface area contributed by atoms with E-state index in [-0.39, 0.29) is 11.6 Å². The molecule has 3 aromatic heterocycles. The Hall–Kier alpha value is -3.23.